The van der Waals surface area contributed by atoms with Crippen LogP contribution in [0.3, 0.4) is 0 Å². The summed E-state index contributed by atoms with van der Waals surface area (Å²) in [6.45, 7) is 2.16. The minimum atomic E-state index is -0.743. The van der Waals surface area contributed by atoms with Crippen molar-refractivity contribution in [2.75, 3.05) is 0 Å². The van der Waals surface area contributed by atoms with Crippen molar-refractivity contribution in [3.8, 4) is 0 Å². The van der Waals surface area contributed by atoms with E-state index in [0.717, 1.165) is 62.5 Å². The first-order valence-electron chi connectivity index (χ1n) is 9.37. The van der Waals surface area contributed by atoms with E-state index in [4.69, 9.17) is 5.11 Å². The second-order valence-corrected chi connectivity index (χ2v) is 6.66. The third kappa shape index (κ3) is 8.44. The normalized spacial score (nSPS) is 16.3. The van der Waals surface area contributed by atoms with E-state index in [1.165, 1.54) is 0 Å². The number of aliphatic hydroxyl groups excluding tert-OH is 1. The molecule has 0 saturated heterocycles. The van der Waals surface area contributed by atoms with Gasteiger partial charge in [-0.3, -0.25) is 9.59 Å². The number of carboxylic acid groups (broad SMARTS) is 1. The van der Waals surface area contributed by atoms with Crippen LogP contribution < -0.4 is 0 Å². The van der Waals surface area contributed by atoms with Gasteiger partial charge in [-0.05, 0) is 43.3 Å². The Morgan fingerprint density at radius 3 is 2.58 bits per heavy atom. The SMILES string of the molecule is CCCCCC1=C(/C=C/[C@H](O)CCCCCCC(=O)O)CCC1=O. The lowest BCUT2D eigenvalue weighted by Crippen LogP contribution is -2.02. The molecule has 4 nitrogen and oxygen atoms in total. The summed E-state index contributed by atoms with van der Waals surface area (Å²) >= 11 is 0. The summed E-state index contributed by atoms with van der Waals surface area (Å²) in [5.41, 5.74) is 2.08. The number of aliphatic hydroxyl groups is 1. The molecule has 0 saturated carbocycles. The van der Waals surface area contributed by atoms with Crippen LogP contribution in [-0.4, -0.2) is 28.1 Å². The van der Waals surface area contributed by atoms with Crippen molar-refractivity contribution < 1.29 is 19.8 Å². The summed E-state index contributed by atoms with van der Waals surface area (Å²) in [6.07, 6.45) is 13.3. The van der Waals surface area contributed by atoms with Gasteiger partial charge >= 0.3 is 5.97 Å². The first kappa shape index (κ1) is 20.6. The summed E-state index contributed by atoms with van der Waals surface area (Å²) in [5.74, 6) is -0.467. The number of hydrogen-bond donors (Lipinski definition) is 2. The molecule has 1 atom stereocenters. The number of carboxylic acids is 1. The lowest BCUT2D eigenvalue weighted by Gasteiger charge is -2.06. The van der Waals surface area contributed by atoms with Gasteiger partial charge in [-0.15, -0.1) is 0 Å². The Morgan fingerprint density at radius 1 is 1.12 bits per heavy atom. The second-order valence-electron chi connectivity index (χ2n) is 6.66. The smallest absolute Gasteiger partial charge is 0.303 e. The summed E-state index contributed by atoms with van der Waals surface area (Å²) < 4.78 is 0. The average Bonchev–Trinajstić information content (AvgIpc) is 2.89. The molecule has 2 N–H and O–H groups in total. The summed E-state index contributed by atoms with van der Waals surface area (Å²) in [6, 6.07) is 0. The standard InChI is InChI=1S/C20H32O4/c1-2-3-6-10-18-16(13-15-19(18)22)12-14-17(21)9-7-4-5-8-11-20(23)24/h12,14,17,21H,2-11,13,15H2,1H3,(H,23,24)/b14-12+/t17-/m1/s1. The summed E-state index contributed by atoms with van der Waals surface area (Å²) in [7, 11) is 0. The predicted molar refractivity (Wildman–Crippen MR) is 95.9 cm³/mol. The zero-order valence-electron chi connectivity index (χ0n) is 14.9. The van der Waals surface area contributed by atoms with E-state index in [2.05, 4.69) is 6.92 Å². The van der Waals surface area contributed by atoms with E-state index >= 15 is 0 Å². The van der Waals surface area contributed by atoms with E-state index in [9.17, 15) is 14.7 Å². The molecule has 136 valence electrons. The fourth-order valence-corrected chi connectivity index (χ4v) is 3.07. The maximum atomic E-state index is 11.9. The summed E-state index contributed by atoms with van der Waals surface area (Å²) in [5, 5.41) is 18.6. The van der Waals surface area contributed by atoms with Crippen LogP contribution in [0.25, 0.3) is 0 Å². The number of aliphatic carboxylic acids is 1. The van der Waals surface area contributed by atoms with Gasteiger partial charge < -0.3 is 10.2 Å². The molecule has 1 aliphatic rings. The molecule has 0 amide bonds. The van der Waals surface area contributed by atoms with Crippen molar-refractivity contribution in [1.82, 2.24) is 0 Å². The van der Waals surface area contributed by atoms with Crippen molar-refractivity contribution in [3.05, 3.63) is 23.3 Å². The molecule has 0 radical (unpaired) electrons. The Morgan fingerprint density at radius 2 is 1.88 bits per heavy atom. The highest BCUT2D eigenvalue weighted by Crippen LogP contribution is 2.28. The lowest BCUT2D eigenvalue weighted by atomic mass is 10.0. The Kier molecular flexibility index (Phi) is 10.3. The molecule has 0 unspecified atom stereocenters. The van der Waals surface area contributed by atoms with Crippen LogP contribution in [0.5, 0.6) is 0 Å². The molecule has 0 aromatic carbocycles. The van der Waals surface area contributed by atoms with Gasteiger partial charge in [0.1, 0.15) is 0 Å². The molecular formula is C20H32O4. The highest BCUT2D eigenvalue weighted by molar-refractivity contribution is 5.99. The van der Waals surface area contributed by atoms with Gasteiger partial charge in [-0.25, -0.2) is 0 Å². The van der Waals surface area contributed by atoms with Gasteiger partial charge in [0.2, 0.25) is 0 Å². The molecule has 24 heavy (non-hydrogen) atoms. The van der Waals surface area contributed by atoms with Crippen LogP contribution >= 0.6 is 0 Å². The number of carbonyl (C=O) groups is 2. The number of rotatable bonds is 13. The maximum Gasteiger partial charge on any atom is 0.303 e. The van der Waals surface area contributed by atoms with Gasteiger partial charge in [0, 0.05) is 12.8 Å². The molecule has 0 bridgehead atoms. The number of ketones is 1. The van der Waals surface area contributed by atoms with Crippen LogP contribution in [0.2, 0.25) is 0 Å². The van der Waals surface area contributed by atoms with E-state index in [0.29, 0.717) is 19.3 Å². The third-order valence-corrected chi connectivity index (χ3v) is 4.54. The highest BCUT2D eigenvalue weighted by Gasteiger charge is 2.20. The molecule has 0 aromatic heterocycles. The van der Waals surface area contributed by atoms with Crippen LogP contribution in [0.4, 0.5) is 0 Å². The molecule has 0 heterocycles. The van der Waals surface area contributed by atoms with Gasteiger partial charge in [0.15, 0.2) is 5.78 Å². The maximum absolute atomic E-state index is 11.9. The predicted octanol–water partition coefficient (Wildman–Crippen LogP) is 4.57. The molecular weight excluding hydrogens is 304 g/mol. The van der Waals surface area contributed by atoms with Crippen molar-refractivity contribution in [3.63, 3.8) is 0 Å². The summed E-state index contributed by atoms with van der Waals surface area (Å²) in [4.78, 5) is 22.4. The first-order chi connectivity index (χ1) is 11.5. The number of unbranched alkanes of at least 4 members (excludes halogenated alkanes) is 5. The number of Topliss-reactive ketones (excluding diaryl/α,β-unsaturated/α-hetero) is 1. The fraction of sp³-hybridized carbons (Fsp3) is 0.700. The van der Waals surface area contributed by atoms with Gasteiger partial charge in [0.05, 0.1) is 6.10 Å². The topological polar surface area (TPSA) is 74.6 Å². The van der Waals surface area contributed by atoms with Gasteiger partial charge in [-0.1, -0.05) is 51.2 Å². The van der Waals surface area contributed by atoms with Crippen LogP contribution in [-0.2, 0) is 9.59 Å². The van der Waals surface area contributed by atoms with E-state index in [1.807, 2.05) is 12.2 Å². The fourth-order valence-electron chi connectivity index (χ4n) is 3.07. The van der Waals surface area contributed by atoms with Gasteiger partial charge in [0.25, 0.3) is 0 Å². The quantitative estimate of drug-likeness (QED) is 0.483. The zero-order chi connectivity index (χ0) is 17.8. The van der Waals surface area contributed by atoms with Crippen LogP contribution in [0, 0.1) is 0 Å². The van der Waals surface area contributed by atoms with E-state index < -0.39 is 12.1 Å². The average molecular weight is 336 g/mol. The Hall–Kier alpha value is -1.42. The van der Waals surface area contributed by atoms with Crippen molar-refractivity contribution >= 4 is 11.8 Å². The molecule has 0 aromatic rings. The number of allylic oxidation sites excluding steroid dienone is 3. The van der Waals surface area contributed by atoms with E-state index in [1.54, 1.807) is 0 Å². The van der Waals surface area contributed by atoms with Crippen LogP contribution in [0.15, 0.2) is 23.3 Å². The molecule has 1 rings (SSSR count). The molecule has 1 aliphatic carbocycles. The Bertz CT molecular complexity index is 462. The van der Waals surface area contributed by atoms with Crippen LogP contribution in [0.1, 0.15) is 84.0 Å². The minimum absolute atomic E-state index is 0.228. The Labute approximate surface area is 145 Å². The molecule has 4 heteroatoms. The number of hydrogen-bond acceptors (Lipinski definition) is 3. The van der Waals surface area contributed by atoms with Crippen molar-refractivity contribution in [1.29, 1.82) is 0 Å². The van der Waals surface area contributed by atoms with E-state index in [-0.39, 0.29) is 12.2 Å². The third-order valence-electron chi connectivity index (χ3n) is 4.54. The monoisotopic (exact) mass is 336 g/mol. The number of carbonyl (C=O) groups excluding carboxylic acids is 1. The lowest BCUT2D eigenvalue weighted by molar-refractivity contribution is -0.137. The second kappa shape index (κ2) is 12.0. The molecule has 0 spiro atoms. The molecule has 0 fully saturated rings. The molecule has 0 aliphatic heterocycles. The first-order valence-corrected chi connectivity index (χ1v) is 9.37. The largest absolute Gasteiger partial charge is 0.481 e. The Balaban J connectivity index is 2.31. The van der Waals surface area contributed by atoms with Gasteiger partial charge in [-0.2, -0.15) is 0 Å². The highest BCUT2D eigenvalue weighted by atomic mass is 16.4. The van der Waals surface area contributed by atoms with Crippen molar-refractivity contribution in [2.45, 2.75) is 90.1 Å². The zero-order valence-corrected chi connectivity index (χ0v) is 14.9. The minimum Gasteiger partial charge on any atom is -0.481 e. The van der Waals surface area contributed by atoms with Crippen molar-refractivity contribution in [2.24, 2.45) is 0 Å².